The van der Waals surface area contributed by atoms with Crippen LogP contribution in [0.5, 0.6) is 0 Å². The van der Waals surface area contributed by atoms with Crippen LogP contribution in [0.1, 0.15) is 0 Å². The number of nitro benzene ring substituents is 1. The van der Waals surface area contributed by atoms with Crippen LogP contribution in [0, 0.1) is 10.1 Å². The minimum Gasteiger partial charge on any atom is -0.260 e. The lowest BCUT2D eigenvalue weighted by molar-refractivity contribution is -0.388. The van der Waals surface area contributed by atoms with Crippen LogP contribution in [0.3, 0.4) is 0 Å². The highest BCUT2D eigenvalue weighted by molar-refractivity contribution is 7.99. The maximum Gasteiger partial charge on any atom is 0.284 e. The minimum atomic E-state index is -3.54. The number of rotatable bonds is 4. The van der Waals surface area contributed by atoms with E-state index in [-0.39, 0.29) is 10.6 Å². The number of thiazole rings is 1. The largest absolute Gasteiger partial charge is 0.284 e. The molecule has 8 nitrogen and oxygen atoms in total. The lowest BCUT2D eigenvalue weighted by Crippen LogP contribution is -2.00. The molecule has 0 radical (unpaired) electrons. The van der Waals surface area contributed by atoms with Crippen LogP contribution < -0.4 is 0 Å². The third-order valence-corrected chi connectivity index (χ3v) is 6.80. The van der Waals surface area contributed by atoms with Crippen molar-refractivity contribution < 1.29 is 13.3 Å². The summed E-state index contributed by atoms with van der Waals surface area (Å²) in [6.07, 6.45) is 1.01. The molecule has 0 aliphatic rings. The molecule has 26 heavy (non-hydrogen) atoms. The van der Waals surface area contributed by atoms with Crippen molar-refractivity contribution in [3.05, 3.63) is 52.6 Å². The standard InChI is InChI=1S/C15H10N4O4S3/c1-26(22,23)9-6-7-13(11(8-9)19(20)21)25-15-17-16-14-18(15)10-4-2-3-5-12(10)24-14/h2-8H,1H3. The van der Waals surface area contributed by atoms with Crippen LogP contribution in [-0.4, -0.2) is 34.2 Å². The molecule has 0 N–H and O–H groups in total. The first-order valence-corrected chi connectivity index (χ1v) is 10.8. The van der Waals surface area contributed by atoms with E-state index in [1.165, 1.54) is 23.5 Å². The number of hydrogen-bond acceptors (Lipinski definition) is 8. The second kappa shape index (κ2) is 6.04. The van der Waals surface area contributed by atoms with Gasteiger partial charge in [-0.05, 0) is 36.0 Å². The molecule has 2 aromatic carbocycles. The first kappa shape index (κ1) is 16.9. The molecule has 0 aliphatic carbocycles. The zero-order chi connectivity index (χ0) is 18.5. The van der Waals surface area contributed by atoms with E-state index in [0.717, 1.165) is 34.3 Å². The number of fused-ring (bicyclic) bond motifs is 3. The number of hydrogen-bond donors (Lipinski definition) is 0. The fraction of sp³-hybridized carbons (Fsp3) is 0.0667. The van der Waals surface area contributed by atoms with E-state index in [0.29, 0.717) is 15.0 Å². The molecule has 0 fully saturated rings. The molecular weight excluding hydrogens is 396 g/mol. The van der Waals surface area contributed by atoms with Crippen molar-refractivity contribution in [2.75, 3.05) is 6.26 Å². The Hall–Kier alpha value is -2.50. The lowest BCUT2D eigenvalue weighted by Gasteiger charge is -2.04. The number of nitro groups is 1. The predicted octanol–water partition coefficient (Wildman–Crippen LogP) is 3.41. The molecule has 0 aliphatic heterocycles. The summed E-state index contributed by atoms with van der Waals surface area (Å²) < 4.78 is 26.2. The van der Waals surface area contributed by atoms with Gasteiger partial charge in [0.25, 0.3) is 5.69 Å². The Bertz CT molecular complexity index is 1280. The Balaban J connectivity index is 1.85. The van der Waals surface area contributed by atoms with Crippen LogP contribution in [-0.2, 0) is 9.84 Å². The second-order valence-corrected chi connectivity index (χ2v) is 9.47. The molecule has 11 heteroatoms. The van der Waals surface area contributed by atoms with Crippen molar-refractivity contribution in [2.45, 2.75) is 14.9 Å². The molecule has 0 bridgehead atoms. The fourth-order valence-electron chi connectivity index (χ4n) is 2.48. The first-order valence-electron chi connectivity index (χ1n) is 7.23. The fourth-order valence-corrected chi connectivity index (χ4v) is 5.07. The van der Waals surface area contributed by atoms with Gasteiger partial charge in [0.05, 0.1) is 24.9 Å². The molecule has 0 saturated heterocycles. The number of sulfone groups is 1. The summed E-state index contributed by atoms with van der Waals surface area (Å²) in [4.78, 5) is 11.7. The average Bonchev–Trinajstić information content (AvgIpc) is 3.14. The summed E-state index contributed by atoms with van der Waals surface area (Å²) in [5.41, 5.74) is 0.629. The molecule has 4 rings (SSSR count). The summed E-state index contributed by atoms with van der Waals surface area (Å²) in [6, 6.07) is 11.6. The van der Waals surface area contributed by atoms with Crippen LogP contribution >= 0.6 is 23.1 Å². The van der Waals surface area contributed by atoms with Gasteiger partial charge >= 0.3 is 0 Å². The zero-order valence-electron chi connectivity index (χ0n) is 13.2. The van der Waals surface area contributed by atoms with Gasteiger partial charge in [0.1, 0.15) is 0 Å². The highest BCUT2D eigenvalue weighted by Gasteiger charge is 2.22. The summed E-state index contributed by atoms with van der Waals surface area (Å²) in [5, 5.41) is 20.1. The minimum absolute atomic E-state index is 0.0964. The summed E-state index contributed by atoms with van der Waals surface area (Å²) in [7, 11) is -3.54. The van der Waals surface area contributed by atoms with E-state index < -0.39 is 14.8 Å². The Morgan fingerprint density at radius 1 is 1.19 bits per heavy atom. The number of benzene rings is 2. The van der Waals surface area contributed by atoms with Crippen molar-refractivity contribution in [2.24, 2.45) is 0 Å². The van der Waals surface area contributed by atoms with E-state index in [2.05, 4.69) is 10.2 Å². The highest BCUT2D eigenvalue weighted by atomic mass is 32.2. The smallest absolute Gasteiger partial charge is 0.260 e. The van der Waals surface area contributed by atoms with Crippen molar-refractivity contribution in [1.29, 1.82) is 0 Å². The van der Waals surface area contributed by atoms with Gasteiger partial charge in [0.15, 0.2) is 9.84 Å². The quantitative estimate of drug-likeness (QED) is 0.377. The summed E-state index contributed by atoms with van der Waals surface area (Å²) in [6.45, 7) is 0. The third-order valence-electron chi connectivity index (χ3n) is 3.67. The van der Waals surface area contributed by atoms with E-state index in [1.807, 2.05) is 28.7 Å². The van der Waals surface area contributed by atoms with Gasteiger partial charge in [-0.3, -0.25) is 14.5 Å². The molecule has 4 aromatic rings. The molecule has 2 aromatic heterocycles. The van der Waals surface area contributed by atoms with Crippen molar-refractivity contribution >= 4 is 53.8 Å². The Kier molecular flexibility index (Phi) is 3.93. The molecule has 0 atom stereocenters. The SMILES string of the molecule is CS(=O)(=O)c1ccc(Sc2nnc3sc4ccccc4n23)c([N+](=O)[O-])c1. The number of aromatic nitrogens is 3. The van der Waals surface area contributed by atoms with E-state index in [4.69, 9.17) is 0 Å². The molecule has 0 spiro atoms. The average molecular weight is 406 g/mol. The van der Waals surface area contributed by atoms with Gasteiger partial charge in [0, 0.05) is 12.3 Å². The third kappa shape index (κ3) is 2.83. The molecule has 0 saturated carbocycles. The van der Waals surface area contributed by atoms with Gasteiger partial charge in [-0.25, -0.2) is 8.42 Å². The molecule has 2 heterocycles. The van der Waals surface area contributed by atoms with Crippen molar-refractivity contribution in [3.8, 4) is 0 Å². The maximum atomic E-state index is 11.7. The van der Waals surface area contributed by atoms with Gasteiger partial charge < -0.3 is 0 Å². The lowest BCUT2D eigenvalue weighted by atomic mass is 10.3. The molecule has 0 unspecified atom stereocenters. The van der Waals surface area contributed by atoms with Crippen LogP contribution in [0.25, 0.3) is 15.2 Å². The van der Waals surface area contributed by atoms with Gasteiger partial charge in [-0.1, -0.05) is 23.5 Å². The predicted molar refractivity (Wildman–Crippen MR) is 98.7 cm³/mol. The number of nitrogens with zero attached hydrogens (tertiary/aromatic N) is 4. The van der Waals surface area contributed by atoms with Crippen LogP contribution in [0.4, 0.5) is 5.69 Å². The van der Waals surface area contributed by atoms with E-state index in [9.17, 15) is 18.5 Å². The number of para-hydroxylation sites is 1. The monoisotopic (exact) mass is 406 g/mol. The van der Waals surface area contributed by atoms with E-state index >= 15 is 0 Å². The Labute approximate surface area is 155 Å². The topological polar surface area (TPSA) is 107 Å². The highest BCUT2D eigenvalue weighted by Crippen LogP contribution is 2.37. The summed E-state index contributed by atoms with van der Waals surface area (Å²) in [5.74, 6) is 0. The Morgan fingerprint density at radius 2 is 1.96 bits per heavy atom. The molecule has 132 valence electrons. The van der Waals surface area contributed by atoms with Crippen LogP contribution in [0.15, 0.2) is 57.4 Å². The molecular formula is C15H10N4O4S3. The molecule has 0 amide bonds. The van der Waals surface area contributed by atoms with E-state index in [1.54, 1.807) is 0 Å². The zero-order valence-corrected chi connectivity index (χ0v) is 15.6. The maximum absolute atomic E-state index is 11.7. The van der Waals surface area contributed by atoms with Crippen molar-refractivity contribution in [3.63, 3.8) is 0 Å². The first-order chi connectivity index (χ1) is 12.3. The van der Waals surface area contributed by atoms with Gasteiger partial charge in [-0.15, -0.1) is 10.2 Å². The van der Waals surface area contributed by atoms with Crippen molar-refractivity contribution in [1.82, 2.24) is 14.6 Å². The van der Waals surface area contributed by atoms with Crippen LogP contribution in [0.2, 0.25) is 0 Å². The van der Waals surface area contributed by atoms with Gasteiger partial charge in [0.2, 0.25) is 10.1 Å². The Morgan fingerprint density at radius 3 is 2.69 bits per heavy atom. The normalized spacial score (nSPS) is 12.0. The summed E-state index contributed by atoms with van der Waals surface area (Å²) >= 11 is 2.55. The van der Waals surface area contributed by atoms with Gasteiger partial charge in [-0.2, -0.15) is 0 Å². The second-order valence-electron chi connectivity index (χ2n) is 5.43.